The van der Waals surface area contributed by atoms with Crippen LogP contribution in [0.1, 0.15) is 18.1 Å². The molecule has 2 aromatic heterocycles. The molecule has 1 aromatic carbocycles. The number of aromatic nitrogens is 3. The maximum atomic E-state index is 12.5. The van der Waals surface area contributed by atoms with E-state index in [9.17, 15) is 4.79 Å². The lowest BCUT2D eigenvalue weighted by atomic mass is 10.1. The van der Waals surface area contributed by atoms with Gasteiger partial charge in [-0.15, -0.1) is 10.2 Å². The fraction of sp³-hybridized carbons (Fsp3) is 0.200. The molecule has 0 spiro atoms. The molecule has 3 heterocycles. The monoisotopic (exact) mass is 393 g/mol. The van der Waals surface area contributed by atoms with Crippen LogP contribution < -0.4 is 5.32 Å². The van der Waals surface area contributed by atoms with E-state index in [0.29, 0.717) is 18.2 Å². The van der Waals surface area contributed by atoms with Gasteiger partial charge in [-0.05, 0) is 30.7 Å². The Labute approximate surface area is 166 Å². The van der Waals surface area contributed by atoms with Crippen molar-refractivity contribution in [2.45, 2.75) is 25.2 Å². The van der Waals surface area contributed by atoms with E-state index in [4.69, 9.17) is 4.42 Å². The average Bonchev–Trinajstić information content (AvgIpc) is 3.30. The van der Waals surface area contributed by atoms with Crippen LogP contribution in [0.5, 0.6) is 0 Å². The number of amides is 1. The Morgan fingerprint density at radius 1 is 1.32 bits per heavy atom. The summed E-state index contributed by atoms with van der Waals surface area (Å²) >= 11 is 1.36. The molecule has 1 aliphatic heterocycles. The van der Waals surface area contributed by atoms with Crippen LogP contribution in [-0.4, -0.2) is 32.6 Å². The Kier molecular flexibility index (Phi) is 5.38. The molecule has 4 rings (SSSR count). The minimum atomic E-state index is -0.0916. The number of fused-ring (bicyclic) bond motifs is 1. The van der Waals surface area contributed by atoms with Gasteiger partial charge in [-0.2, -0.15) is 0 Å². The van der Waals surface area contributed by atoms with Crippen molar-refractivity contribution >= 4 is 35.6 Å². The molecule has 0 aliphatic carbocycles. The van der Waals surface area contributed by atoms with Gasteiger partial charge < -0.3 is 14.3 Å². The number of rotatable bonds is 6. The highest BCUT2D eigenvalue weighted by atomic mass is 32.2. The van der Waals surface area contributed by atoms with E-state index in [1.807, 2.05) is 47.9 Å². The Bertz CT molecular complexity index is 1040. The van der Waals surface area contributed by atoms with Crippen LogP contribution in [0.4, 0.5) is 5.69 Å². The van der Waals surface area contributed by atoms with Crippen molar-refractivity contribution in [3.63, 3.8) is 0 Å². The van der Waals surface area contributed by atoms with Gasteiger partial charge in [-0.1, -0.05) is 30.0 Å². The zero-order chi connectivity index (χ0) is 19.3. The molecule has 0 atom stereocenters. The number of nitrogens with one attached hydrogen (secondary N) is 1. The summed E-state index contributed by atoms with van der Waals surface area (Å²) in [7, 11) is 0. The third-order valence-electron chi connectivity index (χ3n) is 4.35. The number of benzene rings is 1. The molecular weight excluding hydrogens is 374 g/mol. The number of furan rings is 1. The molecule has 0 bridgehead atoms. The second-order valence-electron chi connectivity index (χ2n) is 6.12. The van der Waals surface area contributed by atoms with E-state index in [1.165, 1.54) is 11.8 Å². The summed E-state index contributed by atoms with van der Waals surface area (Å²) in [5.74, 6) is 0.884. The van der Waals surface area contributed by atoms with Crippen molar-refractivity contribution in [2.24, 2.45) is 4.99 Å². The SMILES string of the molecule is CCn1c(SCC(=O)Nc2cccc3c2CN=CC=C3)nnc1-c1ccoc1. The number of anilines is 1. The quantitative estimate of drug-likeness (QED) is 0.642. The van der Waals surface area contributed by atoms with Crippen LogP contribution in [0.15, 0.2) is 57.4 Å². The number of carbonyl (C=O) groups excluding carboxylic acids is 1. The van der Waals surface area contributed by atoms with Gasteiger partial charge >= 0.3 is 0 Å². The summed E-state index contributed by atoms with van der Waals surface area (Å²) in [5.41, 5.74) is 3.75. The van der Waals surface area contributed by atoms with Gasteiger partial charge in [0, 0.05) is 24.0 Å². The maximum Gasteiger partial charge on any atom is 0.234 e. The Balaban J connectivity index is 1.45. The lowest BCUT2D eigenvalue weighted by Crippen LogP contribution is -2.16. The van der Waals surface area contributed by atoms with Gasteiger partial charge in [0.05, 0.1) is 24.1 Å². The van der Waals surface area contributed by atoms with Crippen LogP contribution >= 0.6 is 11.8 Å². The standard InChI is InChI=1S/C20H19N5O2S/c1-2-25-19(15-8-10-27-12-15)23-24-20(25)28-13-18(26)22-17-7-3-5-14-6-4-9-21-11-16(14)17/h3-10,12H,2,11,13H2,1H3,(H,22,26). The first-order valence-corrected chi connectivity index (χ1v) is 9.91. The predicted molar refractivity (Wildman–Crippen MR) is 110 cm³/mol. The zero-order valence-corrected chi connectivity index (χ0v) is 16.1. The summed E-state index contributed by atoms with van der Waals surface area (Å²) in [4.78, 5) is 16.9. The molecule has 7 nitrogen and oxygen atoms in total. The average molecular weight is 393 g/mol. The molecule has 1 aliphatic rings. The van der Waals surface area contributed by atoms with E-state index >= 15 is 0 Å². The number of aliphatic imine (C=N–C) groups is 1. The fourth-order valence-electron chi connectivity index (χ4n) is 3.01. The maximum absolute atomic E-state index is 12.5. The van der Waals surface area contributed by atoms with Gasteiger partial charge in [0.15, 0.2) is 11.0 Å². The summed E-state index contributed by atoms with van der Waals surface area (Å²) in [5, 5.41) is 12.2. The van der Waals surface area contributed by atoms with E-state index in [0.717, 1.165) is 28.2 Å². The Morgan fingerprint density at radius 2 is 2.25 bits per heavy atom. The molecule has 1 amide bonds. The van der Waals surface area contributed by atoms with Crippen LogP contribution in [0.2, 0.25) is 0 Å². The topological polar surface area (TPSA) is 85.3 Å². The number of nitrogens with zero attached hydrogens (tertiary/aromatic N) is 4. The van der Waals surface area contributed by atoms with E-state index in [2.05, 4.69) is 20.5 Å². The molecule has 0 radical (unpaired) electrons. The third-order valence-corrected chi connectivity index (χ3v) is 5.31. The third kappa shape index (κ3) is 3.77. The van der Waals surface area contributed by atoms with Crippen molar-refractivity contribution in [1.82, 2.24) is 14.8 Å². The van der Waals surface area contributed by atoms with Crippen LogP contribution in [0.3, 0.4) is 0 Å². The van der Waals surface area contributed by atoms with Gasteiger partial charge in [-0.25, -0.2) is 0 Å². The second-order valence-corrected chi connectivity index (χ2v) is 7.06. The first-order chi connectivity index (χ1) is 13.8. The van der Waals surface area contributed by atoms with Crippen molar-refractivity contribution in [1.29, 1.82) is 0 Å². The van der Waals surface area contributed by atoms with Gasteiger partial charge in [0.25, 0.3) is 0 Å². The highest BCUT2D eigenvalue weighted by Crippen LogP contribution is 2.26. The van der Waals surface area contributed by atoms with E-state index in [-0.39, 0.29) is 11.7 Å². The molecule has 8 heteroatoms. The molecule has 142 valence electrons. The number of hydrogen-bond donors (Lipinski definition) is 1. The summed E-state index contributed by atoms with van der Waals surface area (Å²) < 4.78 is 7.10. The number of thioether (sulfide) groups is 1. The summed E-state index contributed by atoms with van der Waals surface area (Å²) in [6, 6.07) is 7.70. The number of carbonyl (C=O) groups is 1. The minimum absolute atomic E-state index is 0.0916. The molecule has 0 fully saturated rings. The van der Waals surface area contributed by atoms with Crippen molar-refractivity contribution in [3.05, 3.63) is 54.0 Å². The highest BCUT2D eigenvalue weighted by Gasteiger charge is 2.16. The minimum Gasteiger partial charge on any atom is -0.472 e. The van der Waals surface area contributed by atoms with Crippen molar-refractivity contribution in [3.8, 4) is 11.4 Å². The lowest BCUT2D eigenvalue weighted by molar-refractivity contribution is -0.113. The molecule has 28 heavy (non-hydrogen) atoms. The van der Waals surface area contributed by atoms with Gasteiger partial charge in [-0.3, -0.25) is 9.79 Å². The summed E-state index contributed by atoms with van der Waals surface area (Å²) in [6.45, 7) is 3.27. The smallest absolute Gasteiger partial charge is 0.234 e. The Hall–Kier alpha value is -3.13. The van der Waals surface area contributed by atoms with Gasteiger partial charge in [0.1, 0.15) is 6.26 Å². The number of allylic oxidation sites excluding steroid dienone is 1. The molecule has 0 saturated heterocycles. The molecular formula is C20H19N5O2S. The fourth-order valence-corrected chi connectivity index (χ4v) is 3.81. The molecule has 0 saturated carbocycles. The number of hydrogen-bond acceptors (Lipinski definition) is 6. The second kappa shape index (κ2) is 8.26. The first kappa shape index (κ1) is 18.2. The normalized spacial score (nSPS) is 12.6. The summed E-state index contributed by atoms with van der Waals surface area (Å²) in [6.07, 6.45) is 8.91. The molecule has 0 unspecified atom stereocenters. The van der Waals surface area contributed by atoms with Crippen molar-refractivity contribution < 1.29 is 9.21 Å². The molecule has 1 N–H and O–H groups in total. The van der Waals surface area contributed by atoms with E-state index < -0.39 is 0 Å². The lowest BCUT2D eigenvalue weighted by Gasteiger charge is -2.12. The molecule has 3 aromatic rings. The van der Waals surface area contributed by atoms with Crippen LogP contribution in [0, 0.1) is 0 Å². The zero-order valence-electron chi connectivity index (χ0n) is 15.3. The Morgan fingerprint density at radius 3 is 3.07 bits per heavy atom. The first-order valence-electron chi connectivity index (χ1n) is 8.93. The van der Waals surface area contributed by atoms with Crippen molar-refractivity contribution in [2.75, 3.05) is 11.1 Å². The van der Waals surface area contributed by atoms with Crippen LogP contribution in [0.25, 0.3) is 17.5 Å². The highest BCUT2D eigenvalue weighted by molar-refractivity contribution is 7.99. The van der Waals surface area contributed by atoms with E-state index in [1.54, 1.807) is 18.7 Å². The van der Waals surface area contributed by atoms with Gasteiger partial charge in [0.2, 0.25) is 5.91 Å². The predicted octanol–water partition coefficient (Wildman–Crippen LogP) is 3.89. The largest absolute Gasteiger partial charge is 0.472 e. The van der Waals surface area contributed by atoms with Crippen LogP contribution in [-0.2, 0) is 17.9 Å².